The molecular weight excluding hydrogens is 416 g/mol. The van der Waals surface area contributed by atoms with Gasteiger partial charge in [-0.2, -0.15) is 0 Å². The second kappa shape index (κ2) is 11.2. The molecule has 2 aromatic carbocycles. The van der Waals surface area contributed by atoms with E-state index >= 15 is 0 Å². The van der Waals surface area contributed by atoms with Gasteiger partial charge in [-0.25, -0.2) is 0 Å². The van der Waals surface area contributed by atoms with Crippen LogP contribution >= 0.6 is 24.0 Å². The Morgan fingerprint density at radius 2 is 1.63 bits per heavy atom. The van der Waals surface area contributed by atoms with E-state index in [0.717, 1.165) is 43.0 Å². The highest BCUT2D eigenvalue weighted by Crippen LogP contribution is 2.32. The summed E-state index contributed by atoms with van der Waals surface area (Å²) in [5.74, 6) is 1.65. The number of rotatable bonds is 10. The third-order valence-electron chi connectivity index (χ3n) is 4.76. The first kappa shape index (κ1) is 22.3. The first-order valence-corrected chi connectivity index (χ1v) is 11.1. The number of unbranched alkanes of at least 4 members (excludes halogenated alkanes) is 1. The van der Waals surface area contributed by atoms with Crippen molar-refractivity contribution in [1.82, 2.24) is 10.2 Å². The van der Waals surface area contributed by atoms with E-state index in [1.807, 2.05) is 42.5 Å². The molecular formula is C23H26N2O3S2. The Bertz CT molecular complexity index is 896. The van der Waals surface area contributed by atoms with Crippen molar-refractivity contribution in [2.45, 2.75) is 19.4 Å². The van der Waals surface area contributed by atoms with Crippen molar-refractivity contribution in [2.24, 2.45) is 0 Å². The van der Waals surface area contributed by atoms with Crippen LogP contribution in [-0.2, 0) is 11.3 Å². The van der Waals surface area contributed by atoms with Crippen molar-refractivity contribution in [2.75, 3.05) is 27.3 Å². The summed E-state index contributed by atoms with van der Waals surface area (Å²) < 4.78 is 11.0. The number of hydrogen-bond acceptors (Lipinski definition) is 6. The maximum Gasteiger partial charge on any atom is 0.266 e. The molecule has 158 valence electrons. The number of benzene rings is 2. The lowest BCUT2D eigenvalue weighted by Crippen LogP contribution is -2.29. The van der Waals surface area contributed by atoms with E-state index in [-0.39, 0.29) is 5.91 Å². The second-order valence-corrected chi connectivity index (χ2v) is 8.51. The van der Waals surface area contributed by atoms with E-state index in [4.69, 9.17) is 21.7 Å². The lowest BCUT2D eigenvalue weighted by atomic mass is 10.2. The zero-order valence-corrected chi connectivity index (χ0v) is 18.9. The first-order valence-electron chi connectivity index (χ1n) is 9.84. The molecule has 1 saturated heterocycles. The van der Waals surface area contributed by atoms with Crippen LogP contribution in [0.25, 0.3) is 6.08 Å². The molecule has 5 nitrogen and oxygen atoms in total. The van der Waals surface area contributed by atoms with E-state index < -0.39 is 0 Å². The molecule has 1 amide bonds. The molecule has 7 heteroatoms. The fourth-order valence-corrected chi connectivity index (χ4v) is 4.35. The smallest absolute Gasteiger partial charge is 0.266 e. The fourth-order valence-electron chi connectivity index (χ4n) is 3.04. The number of nitrogens with zero attached hydrogens (tertiary/aromatic N) is 1. The zero-order chi connectivity index (χ0) is 21.3. The van der Waals surface area contributed by atoms with Crippen molar-refractivity contribution in [3.63, 3.8) is 0 Å². The van der Waals surface area contributed by atoms with E-state index in [1.165, 1.54) is 17.3 Å². The topological polar surface area (TPSA) is 50.8 Å². The molecule has 1 N–H and O–H groups in total. The maximum atomic E-state index is 12.7. The molecule has 3 rings (SSSR count). The van der Waals surface area contributed by atoms with Gasteiger partial charge in [-0.3, -0.25) is 9.69 Å². The van der Waals surface area contributed by atoms with Crippen LogP contribution in [0, 0.1) is 0 Å². The average molecular weight is 443 g/mol. The van der Waals surface area contributed by atoms with Crippen LogP contribution in [0.15, 0.2) is 53.4 Å². The van der Waals surface area contributed by atoms with E-state index in [9.17, 15) is 4.79 Å². The molecule has 1 heterocycles. The minimum Gasteiger partial charge on any atom is -0.497 e. The van der Waals surface area contributed by atoms with Gasteiger partial charge in [0.1, 0.15) is 15.8 Å². The normalized spacial score (nSPS) is 15.1. The summed E-state index contributed by atoms with van der Waals surface area (Å²) in [6, 6.07) is 15.7. The standard InChI is InChI=1S/C23H26N2O3S2/c1-27-19-9-5-17(6-10-19)15-21-22(26)25(23(29)30-21)14-4-3-13-24-16-18-7-11-20(28-2)12-8-18/h5-12,15,24H,3-4,13-14,16H2,1-2H3/b21-15-. The molecule has 1 aliphatic rings. The van der Waals surface area contributed by atoms with Gasteiger partial charge in [0, 0.05) is 13.1 Å². The Labute approximate surface area is 187 Å². The lowest BCUT2D eigenvalue weighted by molar-refractivity contribution is -0.122. The summed E-state index contributed by atoms with van der Waals surface area (Å²) in [6.45, 7) is 2.35. The van der Waals surface area contributed by atoms with Crippen LogP contribution in [0.3, 0.4) is 0 Å². The first-order chi connectivity index (χ1) is 14.6. The third kappa shape index (κ3) is 6.08. The van der Waals surface area contributed by atoms with Crippen LogP contribution in [0.4, 0.5) is 0 Å². The summed E-state index contributed by atoms with van der Waals surface area (Å²) in [4.78, 5) is 15.1. The monoisotopic (exact) mass is 442 g/mol. The van der Waals surface area contributed by atoms with Gasteiger partial charge in [0.15, 0.2) is 0 Å². The van der Waals surface area contributed by atoms with Gasteiger partial charge in [0.2, 0.25) is 0 Å². The Balaban J connectivity index is 1.41. The van der Waals surface area contributed by atoms with E-state index in [2.05, 4.69) is 17.4 Å². The molecule has 0 radical (unpaired) electrons. The van der Waals surface area contributed by atoms with Crippen LogP contribution in [0.2, 0.25) is 0 Å². The number of carbonyl (C=O) groups excluding carboxylic acids is 1. The van der Waals surface area contributed by atoms with Gasteiger partial charge >= 0.3 is 0 Å². The van der Waals surface area contributed by atoms with Crippen LogP contribution in [-0.4, -0.2) is 42.4 Å². The highest BCUT2D eigenvalue weighted by Gasteiger charge is 2.31. The Morgan fingerprint density at radius 3 is 2.27 bits per heavy atom. The van der Waals surface area contributed by atoms with Crippen LogP contribution < -0.4 is 14.8 Å². The molecule has 1 fully saturated rings. The van der Waals surface area contributed by atoms with Crippen molar-refractivity contribution in [3.8, 4) is 11.5 Å². The van der Waals surface area contributed by atoms with Gasteiger partial charge < -0.3 is 14.8 Å². The number of hydrogen-bond donors (Lipinski definition) is 1. The second-order valence-electron chi connectivity index (χ2n) is 6.84. The number of thioether (sulfide) groups is 1. The van der Waals surface area contributed by atoms with Gasteiger partial charge in [-0.05, 0) is 60.9 Å². The number of ether oxygens (including phenoxy) is 2. The lowest BCUT2D eigenvalue weighted by Gasteiger charge is -2.14. The molecule has 2 aromatic rings. The molecule has 0 aromatic heterocycles. The number of carbonyl (C=O) groups is 1. The minimum absolute atomic E-state index is 0.00740. The number of thiocarbonyl (C=S) groups is 1. The SMILES string of the molecule is COc1ccc(/C=C2\SC(=S)N(CCCCNCc3ccc(OC)cc3)C2=O)cc1. The van der Waals surface area contributed by atoms with E-state index in [1.54, 1.807) is 19.1 Å². The predicted octanol–water partition coefficient (Wildman–Crippen LogP) is 4.48. The Morgan fingerprint density at radius 1 is 1.00 bits per heavy atom. The molecule has 0 bridgehead atoms. The van der Waals surface area contributed by atoms with Crippen LogP contribution in [0.5, 0.6) is 11.5 Å². The molecule has 30 heavy (non-hydrogen) atoms. The molecule has 0 atom stereocenters. The molecule has 0 saturated carbocycles. The van der Waals surface area contributed by atoms with Crippen molar-refractivity contribution < 1.29 is 14.3 Å². The Kier molecular flexibility index (Phi) is 8.30. The number of nitrogens with one attached hydrogen (secondary N) is 1. The fraction of sp³-hybridized carbons (Fsp3) is 0.304. The maximum absolute atomic E-state index is 12.7. The van der Waals surface area contributed by atoms with Crippen molar-refractivity contribution in [1.29, 1.82) is 0 Å². The van der Waals surface area contributed by atoms with Gasteiger partial charge in [0.25, 0.3) is 5.91 Å². The highest BCUT2D eigenvalue weighted by molar-refractivity contribution is 8.26. The largest absolute Gasteiger partial charge is 0.497 e. The summed E-state index contributed by atoms with van der Waals surface area (Å²) in [7, 11) is 3.30. The van der Waals surface area contributed by atoms with Gasteiger partial charge in [0.05, 0.1) is 19.1 Å². The highest BCUT2D eigenvalue weighted by atomic mass is 32.2. The van der Waals surface area contributed by atoms with Gasteiger partial charge in [-0.15, -0.1) is 0 Å². The summed E-state index contributed by atoms with van der Waals surface area (Å²) in [6.07, 6.45) is 3.76. The van der Waals surface area contributed by atoms with Crippen molar-refractivity contribution in [3.05, 3.63) is 64.6 Å². The molecule has 0 spiro atoms. The van der Waals surface area contributed by atoms with Crippen molar-refractivity contribution >= 4 is 40.3 Å². The molecule has 0 unspecified atom stereocenters. The quantitative estimate of drug-likeness (QED) is 0.333. The zero-order valence-electron chi connectivity index (χ0n) is 17.2. The molecule has 0 aliphatic carbocycles. The molecule has 1 aliphatic heterocycles. The number of methoxy groups -OCH3 is 2. The summed E-state index contributed by atoms with van der Waals surface area (Å²) >= 11 is 6.78. The van der Waals surface area contributed by atoms with Gasteiger partial charge in [-0.1, -0.05) is 48.2 Å². The van der Waals surface area contributed by atoms with Crippen LogP contribution in [0.1, 0.15) is 24.0 Å². The summed E-state index contributed by atoms with van der Waals surface area (Å²) in [5, 5.41) is 3.43. The summed E-state index contributed by atoms with van der Waals surface area (Å²) in [5.41, 5.74) is 2.18. The Hall–Kier alpha value is -2.35. The number of amides is 1. The minimum atomic E-state index is -0.00740. The third-order valence-corrected chi connectivity index (χ3v) is 6.14. The predicted molar refractivity (Wildman–Crippen MR) is 127 cm³/mol. The average Bonchev–Trinajstić information content (AvgIpc) is 3.04. The van der Waals surface area contributed by atoms with E-state index in [0.29, 0.717) is 15.8 Å².